The van der Waals surface area contributed by atoms with Crippen molar-refractivity contribution in [2.45, 2.75) is 19.9 Å². The molecule has 1 aromatic rings. The van der Waals surface area contributed by atoms with Crippen LogP contribution in [-0.4, -0.2) is 23.1 Å². The summed E-state index contributed by atoms with van der Waals surface area (Å²) in [6.07, 6.45) is 0. The molecule has 0 fully saturated rings. The summed E-state index contributed by atoms with van der Waals surface area (Å²) >= 11 is 5.75. The van der Waals surface area contributed by atoms with Gasteiger partial charge in [0.1, 0.15) is 5.75 Å². The standard InChI is InChI=1S/C12H15ClN2O5.ClH/c1-12(2,11(17)20-3)10(14)8-7(15(18)19)5-4-6(13)9(8)16;/h4-5,10,16H,14H2,1-3H3;1H/t10-;/m1./s1. The lowest BCUT2D eigenvalue weighted by Gasteiger charge is -2.29. The van der Waals surface area contributed by atoms with E-state index in [9.17, 15) is 20.0 Å². The number of rotatable bonds is 4. The highest BCUT2D eigenvalue weighted by molar-refractivity contribution is 6.32. The Morgan fingerprint density at radius 2 is 2.05 bits per heavy atom. The van der Waals surface area contributed by atoms with E-state index in [-0.39, 0.29) is 23.0 Å². The number of aromatic hydroxyl groups is 1. The Balaban J connectivity index is 0.00000400. The molecule has 0 spiro atoms. The lowest BCUT2D eigenvalue weighted by molar-refractivity contribution is -0.385. The number of esters is 1. The molecule has 21 heavy (non-hydrogen) atoms. The number of benzene rings is 1. The number of methoxy groups -OCH3 is 1. The summed E-state index contributed by atoms with van der Waals surface area (Å²) < 4.78 is 4.62. The molecule has 0 saturated carbocycles. The van der Waals surface area contributed by atoms with E-state index in [1.54, 1.807) is 0 Å². The Labute approximate surface area is 132 Å². The Bertz CT molecular complexity index is 563. The van der Waals surface area contributed by atoms with Crippen LogP contribution in [0.1, 0.15) is 25.5 Å². The Hall–Kier alpha value is -1.57. The monoisotopic (exact) mass is 338 g/mol. The van der Waals surface area contributed by atoms with Crippen molar-refractivity contribution in [1.29, 1.82) is 0 Å². The number of phenols is 1. The van der Waals surface area contributed by atoms with Crippen LogP contribution in [0.2, 0.25) is 5.02 Å². The SMILES string of the molecule is COC(=O)C(C)(C)[C@H](N)c1c([N+](=O)[O-])ccc(Cl)c1O.Cl. The maximum atomic E-state index is 11.7. The van der Waals surface area contributed by atoms with Gasteiger partial charge in [-0.1, -0.05) is 11.6 Å². The van der Waals surface area contributed by atoms with Gasteiger partial charge in [-0.2, -0.15) is 0 Å². The summed E-state index contributed by atoms with van der Waals surface area (Å²) in [5.74, 6) is -1.16. The number of hydrogen-bond acceptors (Lipinski definition) is 6. The van der Waals surface area contributed by atoms with Crippen LogP contribution < -0.4 is 5.73 Å². The van der Waals surface area contributed by atoms with E-state index in [2.05, 4.69) is 4.74 Å². The minimum atomic E-state index is -1.28. The molecule has 0 radical (unpaired) electrons. The minimum absolute atomic E-state index is 0. The van der Waals surface area contributed by atoms with Crippen LogP contribution in [0, 0.1) is 15.5 Å². The van der Waals surface area contributed by atoms with Crippen LogP contribution in [0.4, 0.5) is 5.69 Å². The molecular formula is C12H16Cl2N2O5. The van der Waals surface area contributed by atoms with Crippen molar-refractivity contribution in [3.05, 3.63) is 32.8 Å². The number of carbonyl (C=O) groups is 1. The fourth-order valence-corrected chi connectivity index (χ4v) is 1.95. The number of halogens is 2. The summed E-state index contributed by atoms with van der Waals surface area (Å²) in [5.41, 5.74) is 4.06. The van der Waals surface area contributed by atoms with E-state index in [4.69, 9.17) is 17.3 Å². The molecule has 0 amide bonds. The fraction of sp³-hybridized carbons (Fsp3) is 0.417. The Morgan fingerprint density at radius 1 is 1.52 bits per heavy atom. The largest absolute Gasteiger partial charge is 0.506 e. The lowest BCUT2D eigenvalue weighted by Crippen LogP contribution is -2.37. The molecule has 1 atom stereocenters. The van der Waals surface area contributed by atoms with E-state index in [1.807, 2.05) is 0 Å². The first-order valence-corrected chi connectivity index (χ1v) is 6.02. The summed E-state index contributed by atoms with van der Waals surface area (Å²) in [5, 5.41) is 20.9. The van der Waals surface area contributed by atoms with Gasteiger partial charge in [-0.15, -0.1) is 12.4 Å². The van der Waals surface area contributed by atoms with Crippen molar-refractivity contribution < 1.29 is 19.6 Å². The molecule has 0 aliphatic carbocycles. The van der Waals surface area contributed by atoms with E-state index in [1.165, 1.54) is 27.0 Å². The van der Waals surface area contributed by atoms with Crippen molar-refractivity contribution in [3.8, 4) is 5.75 Å². The predicted octanol–water partition coefficient (Wildman–Crippen LogP) is 2.57. The zero-order valence-corrected chi connectivity index (χ0v) is 13.2. The van der Waals surface area contributed by atoms with Gasteiger partial charge in [0.25, 0.3) is 5.69 Å². The average Bonchev–Trinajstić information content (AvgIpc) is 2.39. The van der Waals surface area contributed by atoms with Gasteiger partial charge in [0.2, 0.25) is 0 Å². The topological polar surface area (TPSA) is 116 Å². The van der Waals surface area contributed by atoms with Gasteiger partial charge >= 0.3 is 5.97 Å². The zero-order valence-electron chi connectivity index (χ0n) is 11.6. The number of carbonyl (C=O) groups excluding carboxylic acids is 1. The molecule has 0 unspecified atom stereocenters. The van der Waals surface area contributed by atoms with Gasteiger partial charge in [-0.25, -0.2) is 0 Å². The number of nitrogens with zero attached hydrogens (tertiary/aromatic N) is 1. The molecule has 0 aliphatic rings. The quantitative estimate of drug-likeness (QED) is 0.495. The van der Waals surface area contributed by atoms with Crippen molar-refractivity contribution in [3.63, 3.8) is 0 Å². The third-order valence-electron chi connectivity index (χ3n) is 3.14. The molecule has 0 aromatic heterocycles. The van der Waals surface area contributed by atoms with Gasteiger partial charge in [0, 0.05) is 6.07 Å². The molecule has 0 heterocycles. The molecule has 9 heteroatoms. The first kappa shape index (κ1) is 19.4. The van der Waals surface area contributed by atoms with Crippen LogP contribution in [0.25, 0.3) is 0 Å². The van der Waals surface area contributed by atoms with Crippen molar-refractivity contribution in [2.24, 2.45) is 11.1 Å². The van der Waals surface area contributed by atoms with Crippen molar-refractivity contribution >= 4 is 35.7 Å². The average molecular weight is 339 g/mol. The first-order chi connectivity index (χ1) is 9.14. The van der Waals surface area contributed by atoms with Gasteiger partial charge in [-0.3, -0.25) is 14.9 Å². The van der Waals surface area contributed by atoms with E-state index >= 15 is 0 Å². The van der Waals surface area contributed by atoms with Crippen LogP contribution in [0.3, 0.4) is 0 Å². The molecule has 0 bridgehead atoms. The highest BCUT2D eigenvalue weighted by Crippen LogP contribution is 2.44. The maximum Gasteiger partial charge on any atom is 0.313 e. The minimum Gasteiger partial charge on any atom is -0.506 e. The second-order valence-electron chi connectivity index (χ2n) is 4.78. The zero-order chi connectivity index (χ0) is 15.7. The van der Waals surface area contributed by atoms with Gasteiger partial charge in [0.15, 0.2) is 0 Å². The lowest BCUT2D eigenvalue weighted by atomic mass is 9.80. The molecule has 1 rings (SSSR count). The second kappa shape index (κ2) is 6.93. The molecule has 0 aliphatic heterocycles. The number of phenolic OH excluding ortho intramolecular Hbond substituents is 1. The maximum absolute atomic E-state index is 11.7. The van der Waals surface area contributed by atoms with Gasteiger partial charge in [-0.05, 0) is 19.9 Å². The predicted molar refractivity (Wildman–Crippen MR) is 79.7 cm³/mol. The Kier molecular flexibility index (Phi) is 6.41. The van der Waals surface area contributed by atoms with Gasteiger partial charge in [0.05, 0.1) is 34.1 Å². The number of hydrogen-bond donors (Lipinski definition) is 2. The number of nitrogens with two attached hydrogens (primary N) is 1. The van der Waals surface area contributed by atoms with E-state index < -0.39 is 33.8 Å². The summed E-state index contributed by atoms with van der Waals surface area (Å²) in [7, 11) is 1.18. The summed E-state index contributed by atoms with van der Waals surface area (Å²) in [6, 6.07) is 1.16. The van der Waals surface area contributed by atoms with Crippen molar-refractivity contribution in [2.75, 3.05) is 7.11 Å². The van der Waals surface area contributed by atoms with Crippen LogP contribution in [0.5, 0.6) is 5.75 Å². The van der Waals surface area contributed by atoms with Gasteiger partial charge < -0.3 is 15.6 Å². The fourth-order valence-electron chi connectivity index (χ4n) is 1.79. The third kappa shape index (κ3) is 3.55. The summed E-state index contributed by atoms with van der Waals surface area (Å²) in [4.78, 5) is 22.1. The van der Waals surface area contributed by atoms with Crippen LogP contribution in [0.15, 0.2) is 12.1 Å². The number of nitro benzene ring substituents is 1. The third-order valence-corrected chi connectivity index (χ3v) is 3.45. The number of nitro groups is 1. The van der Waals surface area contributed by atoms with Crippen LogP contribution in [-0.2, 0) is 9.53 Å². The van der Waals surface area contributed by atoms with Crippen molar-refractivity contribution in [1.82, 2.24) is 0 Å². The molecule has 0 saturated heterocycles. The van der Waals surface area contributed by atoms with E-state index in [0.29, 0.717) is 0 Å². The molecule has 3 N–H and O–H groups in total. The van der Waals surface area contributed by atoms with Crippen LogP contribution >= 0.6 is 24.0 Å². The molecule has 118 valence electrons. The number of ether oxygens (including phenoxy) is 1. The molecular weight excluding hydrogens is 323 g/mol. The smallest absolute Gasteiger partial charge is 0.313 e. The molecule has 1 aromatic carbocycles. The highest BCUT2D eigenvalue weighted by atomic mass is 35.5. The van der Waals surface area contributed by atoms with E-state index in [0.717, 1.165) is 6.07 Å². The Morgan fingerprint density at radius 3 is 2.48 bits per heavy atom. The summed E-state index contributed by atoms with van der Waals surface area (Å²) in [6.45, 7) is 2.93. The molecule has 7 nitrogen and oxygen atoms in total. The second-order valence-corrected chi connectivity index (χ2v) is 5.18. The first-order valence-electron chi connectivity index (χ1n) is 5.64. The normalized spacial score (nSPS) is 12.2. The highest BCUT2D eigenvalue weighted by Gasteiger charge is 2.41.